The fourth-order valence-electron chi connectivity index (χ4n) is 3.96. The maximum atomic E-state index is 13.1. The second-order valence-corrected chi connectivity index (χ2v) is 7.59. The van der Waals surface area contributed by atoms with Crippen molar-refractivity contribution in [2.75, 3.05) is 0 Å². The predicted molar refractivity (Wildman–Crippen MR) is 101 cm³/mol. The highest BCUT2D eigenvalue weighted by Crippen LogP contribution is 2.41. The fraction of sp³-hybridized carbons (Fsp3) is 0.333. The Balaban J connectivity index is 1.57. The van der Waals surface area contributed by atoms with E-state index >= 15 is 0 Å². The van der Waals surface area contributed by atoms with Gasteiger partial charge in [0.25, 0.3) is 0 Å². The van der Waals surface area contributed by atoms with Crippen LogP contribution in [-0.2, 0) is 11.8 Å². The smallest absolute Gasteiger partial charge is 0.139 e. The number of rotatable bonds is 3. The number of hydrogen-bond donors (Lipinski definition) is 0. The molecule has 0 N–H and O–H groups in total. The van der Waals surface area contributed by atoms with E-state index in [1.54, 1.807) is 16.8 Å². The Labute approximate surface area is 157 Å². The van der Waals surface area contributed by atoms with Gasteiger partial charge in [0.05, 0.1) is 11.4 Å². The van der Waals surface area contributed by atoms with Gasteiger partial charge >= 0.3 is 0 Å². The van der Waals surface area contributed by atoms with Crippen LogP contribution in [0.5, 0.6) is 0 Å². The second kappa shape index (κ2) is 6.84. The molecule has 2 aliphatic rings. The highest BCUT2D eigenvalue weighted by atomic mass is 35.5. The standard InChI is InChI=1S/C21H20ClFN2O/c1-25-20(13-4-7-17(23)8-5-13)12-18(24-25)9-6-14-10-15-2-3-16(21(15)26)11-19(14)22/h4-9,12,15-16H,2-3,10-11H2,1H3/t15-,16+/m1/s1. The summed E-state index contributed by atoms with van der Waals surface area (Å²) in [6.07, 6.45) is 7.27. The van der Waals surface area contributed by atoms with Gasteiger partial charge in [-0.2, -0.15) is 5.10 Å². The number of allylic oxidation sites excluding steroid dienone is 3. The summed E-state index contributed by atoms with van der Waals surface area (Å²) in [4.78, 5) is 12.2. The third-order valence-electron chi connectivity index (χ3n) is 5.40. The molecule has 0 amide bonds. The summed E-state index contributed by atoms with van der Waals surface area (Å²) >= 11 is 6.47. The van der Waals surface area contributed by atoms with Gasteiger partial charge in [0, 0.05) is 23.9 Å². The summed E-state index contributed by atoms with van der Waals surface area (Å²) < 4.78 is 14.9. The summed E-state index contributed by atoms with van der Waals surface area (Å²) in [5.41, 5.74) is 3.68. The van der Waals surface area contributed by atoms with Gasteiger partial charge in [-0.25, -0.2) is 4.39 Å². The van der Waals surface area contributed by atoms with Gasteiger partial charge in [-0.3, -0.25) is 9.48 Å². The van der Waals surface area contributed by atoms with Crippen LogP contribution in [0.3, 0.4) is 0 Å². The molecular formula is C21H20ClFN2O. The molecule has 1 aromatic heterocycles. The number of aromatic nitrogens is 2. The van der Waals surface area contributed by atoms with Crippen LogP contribution in [0, 0.1) is 17.7 Å². The SMILES string of the molecule is Cn1nc(C=CC2=C(Cl)C[C@@H]3CC[C@H](C2)C3=O)cc1-c1ccc(F)cc1. The van der Waals surface area contributed by atoms with Crippen LogP contribution in [0.15, 0.2) is 47.0 Å². The van der Waals surface area contributed by atoms with Crippen molar-refractivity contribution in [2.24, 2.45) is 18.9 Å². The molecular weight excluding hydrogens is 351 g/mol. The first-order chi connectivity index (χ1) is 12.5. The third-order valence-corrected chi connectivity index (χ3v) is 5.80. The van der Waals surface area contributed by atoms with Gasteiger partial charge in [0.15, 0.2) is 0 Å². The molecule has 4 rings (SSSR count). The molecule has 2 bridgehead atoms. The number of carbonyl (C=O) groups excluding carboxylic acids is 1. The molecule has 0 spiro atoms. The maximum Gasteiger partial charge on any atom is 0.139 e. The normalized spacial score (nSPS) is 23.1. The summed E-state index contributed by atoms with van der Waals surface area (Å²) in [7, 11) is 1.87. The van der Waals surface area contributed by atoms with Crippen molar-refractivity contribution >= 4 is 23.5 Å². The zero-order chi connectivity index (χ0) is 18.3. The maximum absolute atomic E-state index is 13.1. The number of ketones is 1. The van der Waals surface area contributed by atoms with Crippen LogP contribution >= 0.6 is 11.6 Å². The topological polar surface area (TPSA) is 34.9 Å². The van der Waals surface area contributed by atoms with Crippen molar-refractivity contribution in [3.63, 3.8) is 0 Å². The number of halogens is 2. The van der Waals surface area contributed by atoms with Crippen LogP contribution in [0.1, 0.15) is 31.4 Å². The summed E-state index contributed by atoms with van der Waals surface area (Å²) in [5, 5.41) is 5.31. The van der Waals surface area contributed by atoms with Crippen molar-refractivity contribution in [3.8, 4) is 11.3 Å². The van der Waals surface area contributed by atoms with E-state index in [1.165, 1.54) is 12.1 Å². The van der Waals surface area contributed by atoms with E-state index in [9.17, 15) is 9.18 Å². The van der Waals surface area contributed by atoms with Crippen molar-refractivity contribution < 1.29 is 9.18 Å². The fourth-order valence-corrected chi connectivity index (χ4v) is 4.28. The Morgan fingerprint density at radius 2 is 1.85 bits per heavy atom. The lowest BCUT2D eigenvalue weighted by molar-refractivity contribution is -0.123. The minimum atomic E-state index is -0.255. The van der Waals surface area contributed by atoms with Crippen molar-refractivity contribution in [1.82, 2.24) is 9.78 Å². The van der Waals surface area contributed by atoms with Crippen molar-refractivity contribution in [2.45, 2.75) is 25.7 Å². The Morgan fingerprint density at radius 1 is 1.15 bits per heavy atom. The molecule has 1 aromatic carbocycles. The van der Waals surface area contributed by atoms with E-state index in [0.29, 0.717) is 12.2 Å². The summed E-state index contributed by atoms with van der Waals surface area (Å²) in [6, 6.07) is 8.34. The highest BCUT2D eigenvalue weighted by molar-refractivity contribution is 6.30. The molecule has 1 saturated carbocycles. The lowest BCUT2D eigenvalue weighted by atomic mass is 9.97. The highest BCUT2D eigenvalue weighted by Gasteiger charge is 2.37. The van der Waals surface area contributed by atoms with Gasteiger partial charge in [0.1, 0.15) is 11.6 Å². The first kappa shape index (κ1) is 17.2. The first-order valence-electron chi connectivity index (χ1n) is 8.90. The Kier molecular flexibility index (Phi) is 4.53. The average Bonchev–Trinajstić information content (AvgIpc) is 3.11. The zero-order valence-corrected chi connectivity index (χ0v) is 15.3. The van der Waals surface area contributed by atoms with Gasteiger partial charge in [0.2, 0.25) is 0 Å². The first-order valence-corrected chi connectivity index (χ1v) is 9.28. The van der Waals surface area contributed by atoms with E-state index in [1.807, 2.05) is 25.3 Å². The van der Waals surface area contributed by atoms with Crippen LogP contribution in [-0.4, -0.2) is 15.6 Å². The molecule has 0 unspecified atom stereocenters. The third kappa shape index (κ3) is 3.26. The quantitative estimate of drug-likeness (QED) is 0.751. The second-order valence-electron chi connectivity index (χ2n) is 7.13. The minimum absolute atomic E-state index is 0.110. The number of aryl methyl sites for hydroxylation is 1. The van der Waals surface area contributed by atoms with Crippen LogP contribution in [0.2, 0.25) is 0 Å². The molecule has 0 saturated heterocycles. The molecule has 134 valence electrons. The molecule has 5 heteroatoms. The Hall–Kier alpha value is -2.20. The van der Waals surface area contributed by atoms with Gasteiger partial charge in [-0.15, -0.1) is 0 Å². The molecule has 2 aromatic rings. The molecule has 2 atom stereocenters. The Morgan fingerprint density at radius 3 is 2.58 bits per heavy atom. The molecule has 2 aliphatic carbocycles. The van der Waals surface area contributed by atoms with E-state index in [4.69, 9.17) is 11.6 Å². The van der Waals surface area contributed by atoms with Crippen molar-refractivity contribution in [1.29, 1.82) is 0 Å². The number of carbonyl (C=O) groups is 1. The number of fused-ring (bicyclic) bond motifs is 2. The Bertz CT molecular complexity index is 911. The van der Waals surface area contributed by atoms with Crippen LogP contribution in [0.4, 0.5) is 4.39 Å². The van der Waals surface area contributed by atoms with E-state index in [2.05, 4.69) is 5.10 Å². The van der Waals surface area contributed by atoms with Gasteiger partial charge < -0.3 is 0 Å². The van der Waals surface area contributed by atoms with Crippen LogP contribution in [0.25, 0.3) is 17.3 Å². The average molecular weight is 371 g/mol. The molecule has 0 radical (unpaired) electrons. The molecule has 1 heterocycles. The summed E-state index contributed by atoms with van der Waals surface area (Å²) in [6.45, 7) is 0. The minimum Gasteiger partial charge on any atom is -0.299 e. The zero-order valence-electron chi connectivity index (χ0n) is 14.6. The van der Waals surface area contributed by atoms with E-state index in [0.717, 1.165) is 46.8 Å². The molecule has 0 aliphatic heterocycles. The lowest BCUT2D eigenvalue weighted by Gasteiger charge is -2.09. The van der Waals surface area contributed by atoms with Crippen molar-refractivity contribution in [3.05, 3.63) is 58.5 Å². The molecule has 3 nitrogen and oxygen atoms in total. The number of benzene rings is 1. The number of Topliss-reactive ketones (excluding diaryl/α,β-unsaturated/α-hetero) is 1. The van der Waals surface area contributed by atoms with E-state index in [-0.39, 0.29) is 17.7 Å². The number of hydrogen-bond acceptors (Lipinski definition) is 2. The predicted octanol–water partition coefficient (Wildman–Crippen LogP) is 5.12. The van der Waals surface area contributed by atoms with Crippen LogP contribution < -0.4 is 0 Å². The largest absolute Gasteiger partial charge is 0.299 e. The molecule has 1 fully saturated rings. The number of nitrogens with zero attached hydrogens (tertiary/aromatic N) is 2. The molecule has 26 heavy (non-hydrogen) atoms. The van der Waals surface area contributed by atoms with E-state index < -0.39 is 0 Å². The summed E-state index contributed by atoms with van der Waals surface area (Å²) in [5.74, 6) is 0.352. The van der Waals surface area contributed by atoms with Gasteiger partial charge in [-0.05, 0) is 73.2 Å². The monoisotopic (exact) mass is 370 g/mol. The van der Waals surface area contributed by atoms with Gasteiger partial charge in [-0.1, -0.05) is 17.7 Å². The lowest BCUT2D eigenvalue weighted by Crippen LogP contribution is -2.11.